The van der Waals surface area contributed by atoms with Gasteiger partial charge in [0.05, 0.1) is 25.3 Å². The van der Waals surface area contributed by atoms with Crippen LogP contribution in [0.25, 0.3) is 11.1 Å². The molecule has 0 saturated carbocycles. The van der Waals surface area contributed by atoms with Crippen LogP contribution in [0.4, 0.5) is 22.4 Å². The number of methoxy groups -OCH3 is 1. The van der Waals surface area contributed by atoms with Crippen molar-refractivity contribution in [1.29, 1.82) is 0 Å². The molecule has 4 rings (SSSR count). The zero-order valence-electron chi connectivity index (χ0n) is 20.7. The highest BCUT2D eigenvalue weighted by Crippen LogP contribution is 2.41. The number of rotatable bonds is 6. The third kappa shape index (κ3) is 5.19. The molecule has 1 unspecified atom stereocenters. The molecule has 0 aliphatic carbocycles. The predicted octanol–water partition coefficient (Wildman–Crippen LogP) is 6.36. The fraction of sp³-hybridized carbons (Fsp3) is 0.333. The molecule has 1 amide bonds. The van der Waals surface area contributed by atoms with Crippen LogP contribution in [0.2, 0.25) is 0 Å². The highest BCUT2D eigenvalue weighted by atomic mass is 19.4. The number of alkyl halides is 3. The number of pyridine rings is 1. The number of cyclic esters (lactones) is 1. The summed E-state index contributed by atoms with van der Waals surface area (Å²) in [5, 5.41) is 11.4. The molecule has 6 nitrogen and oxygen atoms in total. The second-order valence-electron chi connectivity index (χ2n) is 9.26. The summed E-state index contributed by atoms with van der Waals surface area (Å²) in [5.41, 5.74) is 1.08. The Morgan fingerprint density at radius 1 is 1.11 bits per heavy atom. The van der Waals surface area contributed by atoms with Gasteiger partial charge >= 0.3 is 12.3 Å². The number of carbonyl (C=O) groups is 1. The minimum atomic E-state index is -4.61. The lowest BCUT2D eigenvalue weighted by atomic mass is 9.92. The quantitative estimate of drug-likeness (QED) is 0.216. The van der Waals surface area contributed by atoms with Crippen LogP contribution < -0.4 is 9.47 Å². The molecule has 2 atom stereocenters. The Morgan fingerprint density at radius 3 is 2.38 bits per heavy atom. The Balaban J connectivity index is 1.79. The second kappa shape index (κ2) is 9.91. The van der Waals surface area contributed by atoms with Crippen molar-refractivity contribution in [2.24, 2.45) is 0 Å². The highest BCUT2D eigenvalue weighted by molar-refractivity contribution is 5.76. The van der Waals surface area contributed by atoms with Gasteiger partial charge in [-0.25, -0.2) is 9.18 Å². The monoisotopic (exact) mass is 518 g/mol. The molecule has 1 aliphatic rings. The Bertz CT molecular complexity index is 1310. The summed E-state index contributed by atoms with van der Waals surface area (Å²) >= 11 is 0. The van der Waals surface area contributed by atoms with Crippen LogP contribution in [0, 0.1) is 11.0 Å². The molecule has 3 aromatic rings. The summed E-state index contributed by atoms with van der Waals surface area (Å²) in [7, 11) is 1.35. The van der Waals surface area contributed by atoms with Crippen molar-refractivity contribution >= 4 is 6.09 Å². The fourth-order valence-electron chi connectivity index (χ4n) is 4.51. The van der Waals surface area contributed by atoms with Gasteiger partial charge in [-0.15, -0.1) is 0 Å². The molecule has 1 fully saturated rings. The Morgan fingerprint density at radius 2 is 1.78 bits per heavy atom. The number of aromatic nitrogens is 1. The van der Waals surface area contributed by atoms with Gasteiger partial charge in [0, 0.05) is 29.3 Å². The zero-order valence-corrected chi connectivity index (χ0v) is 20.7. The van der Waals surface area contributed by atoms with E-state index in [1.807, 2.05) is 13.8 Å². The molecular formula is C27H26F4N2O4. The number of benzene rings is 2. The van der Waals surface area contributed by atoms with E-state index in [0.717, 1.165) is 12.1 Å². The van der Waals surface area contributed by atoms with Crippen LogP contribution in [-0.4, -0.2) is 24.1 Å². The first-order chi connectivity index (χ1) is 17.4. The average Bonchev–Trinajstić information content (AvgIpc) is 3.12. The normalized spacial score (nSPS) is 17.9. The van der Waals surface area contributed by atoms with Crippen molar-refractivity contribution in [2.45, 2.75) is 51.6 Å². The Labute approximate surface area is 211 Å². The number of amides is 1. The van der Waals surface area contributed by atoms with E-state index in [4.69, 9.17) is 9.47 Å². The molecule has 37 heavy (non-hydrogen) atoms. The number of halogens is 4. The minimum absolute atomic E-state index is 0.160. The molecule has 0 radical (unpaired) electrons. The number of nitrogens with zero attached hydrogens (tertiary/aromatic N) is 2. The number of ether oxygens (including phenoxy) is 2. The van der Waals surface area contributed by atoms with Crippen LogP contribution in [-0.2, 0) is 17.5 Å². The molecule has 196 valence electrons. The van der Waals surface area contributed by atoms with E-state index >= 15 is 0 Å². The molecule has 1 aromatic heterocycles. The van der Waals surface area contributed by atoms with E-state index in [0.29, 0.717) is 27.0 Å². The maximum Gasteiger partial charge on any atom is 0.416 e. The largest absolute Gasteiger partial charge is 0.619 e. The Kier molecular flexibility index (Phi) is 7.03. The van der Waals surface area contributed by atoms with Gasteiger partial charge in [0.25, 0.3) is 0 Å². The van der Waals surface area contributed by atoms with Crippen molar-refractivity contribution in [2.75, 3.05) is 7.11 Å². The lowest BCUT2D eigenvalue weighted by Gasteiger charge is -2.24. The molecule has 1 aliphatic heterocycles. The summed E-state index contributed by atoms with van der Waals surface area (Å²) in [6.07, 6.45) is -3.47. The van der Waals surface area contributed by atoms with Gasteiger partial charge < -0.3 is 14.7 Å². The van der Waals surface area contributed by atoms with Crippen molar-refractivity contribution in [3.8, 4) is 16.9 Å². The molecular weight excluding hydrogens is 492 g/mol. The zero-order chi connectivity index (χ0) is 27.1. The van der Waals surface area contributed by atoms with Gasteiger partial charge in [-0.1, -0.05) is 19.9 Å². The van der Waals surface area contributed by atoms with Crippen molar-refractivity contribution in [3.05, 3.63) is 88.1 Å². The van der Waals surface area contributed by atoms with Crippen molar-refractivity contribution in [1.82, 2.24) is 4.90 Å². The topological polar surface area (TPSA) is 65.7 Å². The summed E-state index contributed by atoms with van der Waals surface area (Å²) in [6, 6.07) is 8.55. The predicted molar refractivity (Wildman–Crippen MR) is 127 cm³/mol. The smallest absolute Gasteiger partial charge is 0.416 e. The Hall–Kier alpha value is -3.82. The SMILES string of the molecule is COc1cc(F)c(C(C)C)cc1-c1ccc(C(F)(F)F)cc1CN1C(=O)OC(c2cc[n+]([O-])cc2)[C@@H]1C. The third-order valence-corrected chi connectivity index (χ3v) is 6.55. The van der Waals surface area contributed by atoms with Crippen molar-refractivity contribution < 1.29 is 36.6 Å². The minimum Gasteiger partial charge on any atom is -0.619 e. The molecule has 2 heterocycles. The average molecular weight is 519 g/mol. The van der Waals surface area contributed by atoms with Crippen LogP contribution in [0.15, 0.2) is 54.9 Å². The van der Waals surface area contributed by atoms with E-state index in [1.54, 1.807) is 13.0 Å². The van der Waals surface area contributed by atoms with Crippen LogP contribution in [0.1, 0.15) is 55.0 Å². The van der Waals surface area contributed by atoms with E-state index in [1.165, 1.54) is 48.7 Å². The van der Waals surface area contributed by atoms with Gasteiger partial charge in [0.1, 0.15) is 17.7 Å². The maximum absolute atomic E-state index is 14.6. The first-order valence-corrected chi connectivity index (χ1v) is 11.6. The highest BCUT2D eigenvalue weighted by Gasteiger charge is 2.41. The molecule has 0 bridgehead atoms. The second-order valence-corrected chi connectivity index (χ2v) is 9.26. The van der Waals surface area contributed by atoms with Crippen LogP contribution in [0.3, 0.4) is 0 Å². The molecule has 0 spiro atoms. The summed E-state index contributed by atoms with van der Waals surface area (Å²) in [4.78, 5) is 14.2. The fourth-order valence-corrected chi connectivity index (χ4v) is 4.51. The van der Waals surface area contributed by atoms with E-state index in [-0.39, 0.29) is 23.8 Å². The molecule has 10 heteroatoms. The van der Waals surface area contributed by atoms with E-state index < -0.39 is 35.8 Å². The molecule has 0 N–H and O–H groups in total. The summed E-state index contributed by atoms with van der Waals surface area (Å²) in [6.45, 7) is 5.14. The van der Waals surface area contributed by atoms with Gasteiger partial charge in [-0.05, 0) is 47.7 Å². The lowest BCUT2D eigenvalue weighted by molar-refractivity contribution is -0.605. The summed E-state index contributed by atoms with van der Waals surface area (Å²) in [5.74, 6) is -0.505. The lowest BCUT2D eigenvalue weighted by Crippen LogP contribution is -2.32. The van der Waals surface area contributed by atoms with E-state index in [9.17, 15) is 27.6 Å². The standard InChI is InChI=1S/C27H26F4N2O4/c1-15(2)21-12-22(24(36-4)13-23(21)28)20-6-5-19(27(29,30)31)11-18(20)14-33-16(3)25(37-26(33)34)17-7-9-32(35)10-8-17/h5-13,15-16,25H,14H2,1-4H3/t16-,25?/m0/s1. The van der Waals surface area contributed by atoms with Crippen molar-refractivity contribution in [3.63, 3.8) is 0 Å². The first kappa shape index (κ1) is 26.2. The van der Waals surface area contributed by atoms with Gasteiger partial charge in [-0.2, -0.15) is 17.9 Å². The van der Waals surface area contributed by atoms with Gasteiger partial charge in [0.15, 0.2) is 12.4 Å². The van der Waals surface area contributed by atoms with Crippen LogP contribution in [0.5, 0.6) is 5.75 Å². The molecule has 1 saturated heterocycles. The third-order valence-electron chi connectivity index (χ3n) is 6.55. The van der Waals surface area contributed by atoms with E-state index in [2.05, 4.69) is 0 Å². The number of hydrogen-bond acceptors (Lipinski definition) is 4. The summed E-state index contributed by atoms with van der Waals surface area (Å²) < 4.78 is 67.1. The number of carbonyl (C=O) groups excluding carboxylic acids is 1. The number of hydrogen-bond donors (Lipinski definition) is 0. The van der Waals surface area contributed by atoms with Gasteiger partial charge in [0.2, 0.25) is 0 Å². The molecule has 2 aromatic carbocycles. The van der Waals surface area contributed by atoms with Gasteiger partial charge in [-0.3, -0.25) is 4.90 Å². The van der Waals surface area contributed by atoms with Crippen LogP contribution >= 0.6 is 0 Å². The first-order valence-electron chi connectivity index (χ1n) is 11.6. The maximum atomic E-state index is 14.6.